The molecule has 2 fully saturated rings. The first kappa shape index (κ1) is 18.7. The van der Waals surface area contributed by atoms with E-state index in [4.69, 9.17) is 4.74 Å². The topological polar surface area (TPSA) is 32.8 Å². The average molecular weight is 378 g/mol. The van der Waals surface area contributed by atoms with Gasteiger partial charge in [-0.15, -0.1) is 0 Å². The fourth-order valence-electron chi connectivity index (χ4n) is 3.52. The zero-order valence-corrected chi connectivity index (χ0v) is 14.6. The second-order valence-corrected chi connectivity index (χ2v) is 7.73. The van der Waals surface area contributed by atoms with Gasteiger partial charge in [-0.1, -0.05) is 0 Å². The van der Waals surface area contributed by atoms with Gasteiger partial charge in [0.05, 0.1) is 0 Å². The SMILES string of the molecule is CC(C)(C)OC(=O)N1C[C@@H]2CN(c3c(F)c(F)c(F)c(F)c3F)C[C@@H]2C1. The molecule has 0 N–H and O–H groups in total. The molecule has 26 heavy (non-hydrogen) atoms. The monoisotopic (exact) mass is 378 g/mol. The third kappa shape index (κ3) is 3.19. The van der Waals surface area contributed by atoms with Crippen LogP contribution in [0.5, 0.6) is 0 Å². The number of nitrogens with zero attached hydrogens (tertiary/aromatic N) is 2. The van der Waals surface area contributed by atoms with E-state index in [0.29, 0.717) is 13.1 Å². The number of carbonyl (C=O) groups is 1. The molecular weight excluding hydrogens is 359 g/mol. The van der Waals surface area contributed by atoms with Gasteiger partial charge in [-0.3, -0.25) is 0 Å². The molecule has 3 rings (SSSR count). The summed E-state index contributed by atoms with van der Waals surface area (Å²) in [6.45, 7) is 6.05. The van der Waals surface area contributed by atoms with E-state index in [-0.39, 0.29) is 24.9 Å². The molecule has 144 valence electrons. The number of amides is 1. The molecule has 1 aromatic rings. The summed E-state index contributed by atoms with van der Waals surface area (Å²) in [7, 11) is 0. The largest absolute Gasteiger partial charge is 0.444 e. The normalized spacial score (nSPS) is 22.8. The molecule has 0 bridgehead atoms. The predicted molar refractivity (Wildman–Crippen MR) is 83.2 cm³/mol. The van der Waals surface area contributed by atoms with Crippen molar-refractivity contribution >= 4 is 11.8 Å². The summed E-state index contributed by atoms with van der Waals surface area (Å²) >= 11 is 0. The Bertz CT molecular complexity index is 707. The summed E-state index contributed by atoms with van der Waals surface area (Å²) in [6, 6.07) is 0. The fraction of sp³-hybridized carbons (Fsp3) is 0.588. The van der Waals surface area contributed by atoms with Crippen molar-refractivity contribution in [3.8, 4) is 0 Å². The van der Waals surface area contributed by atoms with Gasteiger partial charge in [0.1, 0.15) is 11.3 Å². The highest BCUT2D eigenvalue weighted by Crippen LogP contribution is 2.38. The Morgan fingerprint density at radius 1 is 0.846 bits per heavy atom. The third-order valence-electron chi connectivity index (χ3n) is 4.64. The predicted octanol–water partition coefficient (Wildman–Crippen LogP) is 3.69. The van der Waals surface area contributed by atoms with Crippen molar-refractivity contribution in [1.82, 2.24) is 4.90 Å². The molecule has 0 saturated carbocycles. The Labute approximate surface area is 147 Å². The molecule has 2 atom stereocenters. The molecular formula is C17H19F5N2O2. The molecule has 1 amide bonds. The number of hydrogen-bond acceptors (Lipinski definition) is 3. The molecule has 2 aliphatic rings. The maximum atomic E-state index is 14.0. The van der Waals surface area contributed by atoms with E-state index < -0.39 is 46.5 Å². The first-order valence-corrected chi connectivity index (χ1v) is 8.24. The van der Waals surface area contributed by atoms with E-state index in [1.807, 2.05) is 0 Å². The average Bonchev–Trinajstić information content (AvgIpc) is 3.08. The molecule has 0 spiro atoms. The van der Waals surface area contributed by atoms with Gasteiger partial charge in [-0.05, 0) is 20.8 Å². The zero-order chi connectivity index (χ0) is 19.4. The maximum Gasteiger partial charge on any atom is 0.410 e. The minimum Gasteiger partial charge on any atom is -0.444 e. The van der Waals surface area contributed by atoms with Crippen LogP contribution in [-0.2, 0) is 4.74 Å². The summed E-state index contributed by atoms with van der Waals surface area (Å²) in [5.41, 5.74) is -1.55. The lowest BCUT2D eigenvalue weighted by Gasteiger charge is -2.26. The Balaban J connectivity index is 1.74. The number of carbonyl (C=O) groups excluding carboxylic acids is 1. The number of rotatable bonds is 1. The van der Waals surface area contributed by atoms with Gasteiger partial charge >= 0.3 is 6.09 Å². The van der Waals surface area contributed by atoms with Crippen molar-refractivity contribution in [2.75, 3.05) is 31.1 Å². The lowest BCUT2D eigenvalue weighted by molar-refractivity contribution is 0.0282. The smallest absolute Gasteiger partial charge is 0.410 e. The minimum absolute atomic E-state index is 0.0995. The van der Waals surface area contributed by atoms with Crippen molar-refractivity contribution in [2.45, 2.75) is 26.4 Å². The molecule has 1 aromatic carbocycles. The highest BCUT2D eigenvalue weighted by atomic mass is 19.2. The van der Waals surface area contributed by atoms with E-state index in [1.165, 1.54) is 4.90 Å². The molecule has 2 heterocycles. The van der Waals surface area contributed by atoms with Crippen LogP contribution >= 0.6 is 0 Å². The number of fused-ring (bicyclic) bond motifs is 1. The summed E-state index contributed by atoms with van der Waals surface area (Å²) in [6.07, 6.45) is -0.477. The number of hydrogen-bond donors (Lipinski definition) is 0. The van der Waals surface area contributed by atoms with Crippen LogP contribution in [0.15, 0.2) is 0 Å². The summed E-state index contributed by atoms with van der Waals surface area (Å²) < 4.78 is 73.3. The van der Waals surface area contributed by atoms with E-state index in [1.54, 1.807) is 20.8 Å². The lowest BCUT2D eigenvalue weighted by Crippen LogP contribution is -2.37. The molecule has 9 heteroatoms. The number of ether oxygens (including phenoxy) is 1. The van der Waals surface area contributed by atoms with Crippen LogP contribution in [0.1, 0.15) is 20.8 Å². The highest BCUT2D eigenvalue weighted by Gasteiger charge is 2.44. The zero-order valence-electron chi connectivity index (χ0n) is 14.6. The van der Waals surface area contributed by atoms with Gasteiger partial charge < -0.3 is 14.5 Å². The van der Waals surface area contributed by atoms with Crippen molar-refractivity contribution in [3.05, 3.63) is 29.1 Å². The Morgan fingerprint density at radius 3 is 1.69 bits per heavy atom. The van der Waals surface area contributed by atoms with E-state index >= 15 is 0 Å². The molecule has 0 aliphatic carbocycles. The highest BCUT2D eigenvalue weighted by molar-refractivity contribution is 5.68. The van der Waals surface area contributed by atoms with Crippen LogP contribution in [-0.4, -0.2) is 42.8 Å². The van der Waals surface area contributed by atoms with Gasteiger partial charge in [-0.25, -0.2) is 26.7 Å². The molecule has 2 aliphatic heterocycles. The molecule has 2 saturated heterocycles. The number of benzene rings is 1. The van der Waals surface area contributed by atoms with Gasteiger partial charge in [0, 0.05) is 38.0 Å². The quantitative estimate of drug-likeness (QED) is 0.425. The summed E-state index contributed by atoms with van der Waals surface area (Å²) in [5.74, 6) is -9.98. The molecule has 0 aromatic heterocycles. The lowest BCUT2D eigenvalue weighted by atomic mass is 10.0. The summed E-state index contributed by atoms with van der Waals surface area (Å²) in [4.78, 5) is 14.8. The first-order valence-electron chi connectivity index (χ1n) is 8.24. The number of anilines is 1. The fourth-order valence-corrected chi connectivity index (χ4v) is 3.52. The van der Waals surface area contributed by atoms with Crippen molar-refractivity contribution in [3.63, 3.8) is 0 Å². The van der Waals surface area contributed by atoms with Crippen LogP contribution in [0, 0.1) is 40.9 Å². The second-order valence-electron chi connectivity index (χ2n) is 7.73. The van der Waals surface area contributed by atoms with Crippen molar-refractivity contribution < 1.29 is 31.5 Å². The first-order chi connectivity index (χ1) is 12.0. The molecule has 0 unspecified atom stereocenters. The van der Waals surface area contributed by atoms with Gasteiger partial charge in [-0.2, -0.15) is 0 Å². The van der Waals surface area contributed by atoms with Crippen LogP contribution in [0.2, 0.25) is 0 Å². The van der Waals surface area contributed by atoms with E-state index in [9.17, 15) is 26.7 Å². The Hall–Kier alpha value is -2.06. The summed E-state index contributed by atoms with van der Waals surface area (Å²) in [5, 5.41) is 0. The standard InChI is InChI=1S/C17H19F5N2O2/c1-17(2,3)26-16(25)24-6-8-4-23(5-9(8)7-24)15-13(21)11(19)10(18)12(20)14(15)22/h8-9H,4-7H2,1-3H3/t8-,9+. The molecule has 4 nitrogen and oxygen atoms in total. The van der Waals surface area contributed by atoms with Crippen LogP contribution < -0.4 is 4.90 Å². The van der Waals surface area contributed by atoms with Gasteiger partial charge in [0.15, 0.2) is 23.3 Å². The third-order valence-corrected chi connectivity index (χ3v) is 4.64. The van der Waals surface area contributed by atoms with Crippen molar-refractivity contribution in [1.29, 1.82) is 0 Å². The second kappa shape index (κ2) is 6.28. The molecule has 0 radical (unpaired) electrons. The van der Waals surface area contributed by atoms with Crippen LogP contribution in [0.3, 0.4) is 0 Å². The maximum absolute atomic E-state index is 14.0. The van der Waals surface area contributed by atoms with Gasteiger partial charge in [0.25, 0.3) is 0 Å². The Morgan fingerprint density at radius 2 is 1.27 bits per heavy atom. The van der Waals surface area contributed by atoms with E-state index in [0.717, 1.165) is 4.90 Å². The minimum atomic E-state index is -2.17. The number of likely N-dealkylation sites (tertiary alicyclic amines) is 1. The van der Waals surface area contributed by atoms with Gasteiger partial charge in [0.2, 0.25) is 5.82 Å². The van der Waals surface area contributed by atoms with Crippen LogP contribution in [0.25, 0.3) is 0 Å². The van der Waals surface area contributed by atoms with Crippen LogP contribution in [0.4, 0.5) is 32.4 Å². The number of halogens is 5. The van der Waals surface area contributed by atoms with Crippen molar-refractivity contribution in [2.24, 2.45) is 11.8 Å². The van der Waals surface area contributed by atoms with E-state index in [2.05, 4.69) is 0 Å². The Kier molecular flexibility index (Phi) is 4.52.